The largest absolute Gasteiger partial charge is 0.369 e. The zero-order valence-corrected chi connectivity index (χ0v) is 12.9. The first-order valence-electron chi connectivity index (χ1n) is 6.37. The van der Waals surface area contributed by atoms with Crippen LogP contribution in [0.15, 0.2) is 4.34 Å². The topological polar surface area (TPSA) is 92.4 Å². The molecule has 0 atom stereocenters. The lowest BCUT2D eigenvalue weighted by Crippen LogP contribution is -2.48. The zero-order chi connectivity index (χ0) is 14.5. The molecular weight excluding hydrogens is 298 g/mol. The molecule has 2 heterocycles. The fourth-order valence-corrected chi connectivity index (χ4v) is 3.52. The number of rotatable bonds is 5. The van der Waals surface area contributed by atoms with E-state index in [4.69, 9.17) is 5.73 Å². The highest BCUT2D eigenvalue weighted by Gasteiger charge is 2.22. The average Bonchev–Trinajstić information content (AvgIpc) is 2.93. The molecule has 1 fully saturated rings. The Morgan fingerprint density at radius 3 is 2.60 bits per heavy atom. The van der Waals surface area contributed by atoms with E-state index in [1.54, 1.807) is 0 Å². The van der Waals surface area contributed by atoms with Crippen molar-refractivity contribution in [1.29, 1.82) is 0 Å². The van der Waals surface area contributed by atoms with Crippen LogP contribution in [0.5, 0.6) is 0 Å². The number of amides is 2. The summed E-state index contributed by atoms with van der Waals surface area (Å²) in [5.41, 5.74) is 5.10. The van der Waals surface area contributed by atoms with Crippen molar-refractivity contribution in [2.45, 2.75) is 17.7 Å². The minimum absolute atomic E-state index is 0.194. The number of nitrogens with zero attached hydrogens (tertiary/aromatic N) is 4. The number of aromatic nitrogens is 2. The van der Waals surface area contributed by atoms with Gasteiger partial charge in [0, 0.05) is 32.6 Å². The van der Waals surface area contributed by atoms with Crippen molar-refractivity contribution in [2.24, 2.45) is 5.73 Å². The van der Waals surface area contributed by atoms with E-state index in [1.807, 2.05) is 11.8 Å². The lowest BCUT2D eigenvalue weighted by Gasteiger charge is -2.34. The minimum Gasteiger partial charge on any atom is -0.369 e. The van der Waals surface area contributed by atoms with Gasteiger partial charge in [0.05, 0.1) is 5.75 Å². The molecule has 0 aromatic carbocycles. The van der Waals surface area contributed by atoms with Gasteiger partial charge in [-0.05, 0) is 0 Å². The summed E-state index contributed by atoms with van der Waals surface area (Å²) in [4.78, 5) is 26.3. The maximum Gasteiger partial charge on any atom is 0.227 e. The summed E-state index contributed by atoms with van der Waals surface area (Å²) < 4.78 is 0.742. The second-order valence-corrected chi connectivity index (χ2v) is 6.51. The number of thioether (sulfide) groups is 1. The number of hydrogen-bond acceptors (Lipinski definition) is 7. The summed E-state index contributed by atoms with van der Waals surface area (Å²) in [6.07, 6.45) is 0.548. The smallest absolute Gasteiger partial charge is 0.227 e. The summed E-state index contributed by atoms with van der Waals surface area (Å²) in [6, 6.07) is 0. The molecule has 7 nitrogen and oxygen atoms in total. The Morgan fingerprint density at radius 2 is 2.00 bits per heavy atom. The summed E-state index contributed by atoms with van der Waals surface area (Å²) in [7, 11) is 0. The summed E-state index contributed by atoms with van der Waals surface area (Å²) in [5, 5.41) is 8.99. The van der Waals surface area contributed by atoms with E-state index >= 15 is 0 Å². The number of carbonyl (C=O) groups excluding carboxylic acids is 2. The van der Waals surface area contributed by atoms with Crippen molar-refractivity contribution in [1.82, 2.24) is 15.1 Å². The molecule has 0 aliphatic carbocycles. The maximum absolute atomic E-state index is 11.6. The molecule has 1 aromatic rings. The van der Waals surface area contributed by atoms with E-state index in [2.05, 4.69) is 15.1 Å². The van der Waals surface area contributed by atoms with Crippen molar-refractivity contribution in [2.75, 3.05) is 36.8 Å². The second-order valence-electron chi connectivity index (χ2n) is 4.33. The monoisotopic (exact) mass is 315 g/mol. The number of hydrogen-bond donors (Lipinski definition) is 1. The number of primary amides is 1. The zero-order valence-electron chi connectivity index (χ0n) is 11.2. The van der Waals surface area contributed by atoms with Crippen molar-refractivity contribution in [3.63, 3.8) is 0 Å². The van der Waals surface area contributed by atoms with Gasteiger partial charge in [-0.15, -0.1) is 10.2 Å². The lowest BCUT2D eigenvalue weighted by atomic mass is 10.3. The van der Waals surface area contributed by atoms with Gasteiger partial charge in [-0.25, -0.2) is 0 Å². The van der Waals surface area contributed by atoms with Gasteiger partial charge in [-0.1, -0.05) is 30.0 Å². The van der Waals surface area contributed by atoms with Gasteiger partial charge < -0.3 is 15.5 Å². The molecule has 20 heavy (non-hydrogen) atoms. The highest BCUT2D eigenvalue weighted by Crippen LogP contribution is 2.28. The van der Waals surface area contributed by atoms with Gasteiger partial charge in [-0.3, -0.25) is 9.59 Å². The van der Waals surface area contributed by atoms with Gasteiger partial charge >= 0.3 is 0 Å². The van der Waals surface area contributed by atoms with Crippen molar-refractivity contribution >= 4 is 40.0 Å². The third-order valence-electron chi connectivity index (χ3n) is 2.94. The van der Waals surface area contributed by atoms with Crippen LogP contribution in [-0.2, 0) is 9.59 Å². The Morgan fingerprint density at radius 1 is 1.30 bits per heavy atom. The molecule has 1 aromatic heterocycles. The molecule has 2 N–H and O–H groups in total. The van der Waals surface area contributed by atoms with E-state index < -0.39 is 0 Å². The van der Waals surface area contributed by atoms with E-state index in [-0.39, 0.29) is 17.6 Å². The van der Waals surface area contributed by atoms with Gasteiger partial charge in [-0.2, -0.15) is 0 Å². The first-order valence-corrected chi connectivity index (χ1v) is 8.17. The van der Waals surface area contributed by atoms with Crippen molar-refractivity contribution in [3.05, 3.63) is 0 Å². The third-order valence-corrected chi connectivity index (χ3v) is 5.08. The molecule has 2 amide bonds. The van der Waals surface area contributed by atoms with E-state index in [9.17, 15) is 9.59 Å². The van der Waals surface area contributed by atoms with Crippen LogP contribution in [0, 0.1) is 0 Å². The number of carbonyl (C=O) groups is 2. The minimum atomic E-state index is -0.363. The third kappa shape index (κ3) is 3.83. The number of nitrogens with two attached hydrogens (primary N) is 1. The molecule has 0 unspecified atom stereocenters. The summed E-state index contributed by atoms with van der Waals surface area (Å²) in [6.45, 7) is 4.84. The quantitative estimate of drug-likeness (QED) is 0.779. The fraction of sp³-hybridized carbons (Fsp3) is 0.636. The Balaban J connectivity index is 1.87. The van der Waals surface area contributed by atoms with Crippen LogP contribution in [-0.4, -0.2) is 58.8 Å². The first kappa shape index (κ1) is 15.0. The van der Waals surface area contributed by atoms with Crippen molar-refractivity contribution in [3.8, 4) is 0 Å². The van der Waals surface area contributed by atoms with Crippen LogP contribution in [0.3, 0.4) is 0 Å². The molecule has 110 valence electrons. The molecule has 1 aliphatic heterocycles. The Kier molecular flexibility index (Phi) is 5.18. The Hall–Kier alpha value is -1.35. The Labute approximate surface area is 125 Å². The highest BCUT2D eigenvalue weighted by atomic mass is 32.2. The van der Waals surface area contributed by atoms with E-state index in [1.165, 1.54) is 23.1 Å². The van der Waals surface area contributed by atoms with Gasteiger partial charge in [0.1, 0.15) is 0 Å². The molecular formula is C11H17N5O2S2. The van der Waals surface area contributed by atoms with E-state index in [0.29, 0.717) is 6.42 Å². The van der Waals surface area contributed by atoms with Gasteiger partial charge in [0.25, 0.3) is 0 Å². The molecule has 0 saturated carbocycles. The maximum atomic E-state index is 11.6. The molecule has 1 aliphatic rings. The average molecular weight is 315 g/mol. The van der Waals surface area contributed by atoms with Crippen LogP contribution in [0.1, 0.15) is 13.3 Å². The van der Waals surface area contributed by atoms with E-state index in [0.717, 1.165) is 35.7 Å². The van der Waals surface area contributed by atoms with Gasteiger partial charge in [0.15, 0.2) is 4.34 Å². The Bertz CT molecular complexity index is 485. The van der Waals surface area contributed by atoms with Crippen LogP contribution >= 0.6 is 23.1 Å². The summed E-state index contributed by atoms with van der Waals surface area (Å²) >= 11 is 2.75. The molecule has 0 spiro atoms. The number of piperazine rings is 1. The van der Waals surface area contributed by atoms with Crippen LogP contribution in [0.4, 0.5) is 5.13 Å². The van der Waals surface area contributed by atoms with Crippen LogP contribution in [0.25, 0.3) is 0 Å². The molecule has 0 radical (unpaired) electrons. The highest BCUT2D eigenvalue weighted by molar-refractivity contribution is 8.01. The predicted molar refractivity (Wildman–Crippen MR) is 78.9 cm³/mol. The normalized spacial score (nSPS) is 15.4. The number of anilines is 1. The molecule has 2 rings (SSSR count). The summed E-state index contributed by atoms with van der Waals surface area (Å²) in [5.74, 6) is 0.0472. The van der Waals surface area contributed by atoms with Crippen molar-refractivity contribution < 1.29 is 9.59 Å². The fourth-order valence-electron chi connectivity index (χ4n) is 1.89. The predicted octanol–water partition coefficient (Wildman–Crippen LogP) is 0.174. The lowest BCUT2D eigenvalue weighted by molar-refractivity contribution is -0.131. The van der Waals surface area contributed by atoms with Crippen LogP contribution in [0.2, 0.25) is 0 Å². The van der Waals surface area contributed by atoms with Crippen LogP contribution < -0.4 is 10.6 Å². The first-order chi connectivity index (χ1) is 9.60. The second kappa shape index (κ2) is 6.89. The van der Waals surface area contributed by atoms with Gasteiger partial charge in [0.2, 0.25) is 16.9 Å². The SMILES string of the molecule is CCC(=O)N1CCN(c2nnc(SCC(N)=O)s2)CC1. The molecule has 0 bridgehead atoms. The standard InChI is InChI=1S/C11H17N5O2S2/c1-2-9(18)15-3-5-16(6-4-15)10-13-14-11(20-10)19-7-8(12)17/h2-7H2,1H3,(H2,12,17). The molecule has 9 heteroatoms. The molecule has 1 saturated heterocycles.